The molecule has 0 spiro atoms. The molecule has 0 atom stereocenters. The molecule has 0 aliphatic heterocycles. The Morgan fingerprint density at radius 3 is 2.74 bits per heavy atom. The Bertz CT molecular complexity index is 418. The molecule has 1 fully saturated rings. The van der Waals surface area contributed by atoms with E-state index in [0.717, 1.165) is 23.1 Å². The van der Waals surface area contributed by atoms with Crippen LogP contribution in [0.15, 0.2) is 28.7 Å². The second kappa shape index (κ2) is 7.95. The smallest absolute Gasteiger partial charge is 0.230 e. The monoisotopic (exact) mass is 341 g/mol. The molecule has 4 heteroatoms. The fourth-order valence-electron chi connectivity index (χ4n) is 2.39. The molecule has 1 saturated carbocycles. The van der Waals surface area contributed by atoms with E-state index in [-0.39, 0.29) is 5.91 Å². The molecular weight excluding hydrogens is 322 g/mol. The van der Waals surface area contributed by atoms with E-state index in [1.807, 2.05) is 18.2 Å². The van der Waals surface area contributed by atoms with Gasteiger partial charge in [-0.05, 0) is 24.5 Å². The molecule has 2 rings (SSSR count). The molecule has 1 amide bonds. The van der Waals surface area contributed by atoms with E-state index < -0.39 is 0 Å². The zero-order valence-corrected chi connectivity index (χ0v) is 13.4. The van der Waals surface area contributed by atoms with Crippen LogP contribution in [0.3, 0.4) is 0 Å². The second-order valence-electron chi connectivity index (χ2n) is 4.99. The minimum absolute atomic E-state index is 0.184. The lowest BCUT2D eigenvalue weighted by atomic mass is 9.95. The number of carbonyl (C=O) groups is 1. The molecule has 0 heterocycles. The van der Waals surface area contributed by atoms with Gasteiger partial charge in [-0.1, -0.05) is 53.4 Å². The number of thioether (sulfide) groups is 1. The van der Waals surface area contributed by atoms with Gasteiger partial charge in [-0.3, -0.25) is 4.79 Å². The molecule has 0 radical (unpaired) electrons. The van der Waals surface area contributed by atoms with Gasteiger partial charge in [0.1, 0.15) is 0 Å². The van der Waals surface area contributed by atoms with Gasteiger partial charge >= 0.3 is 0 Å². The van der Waals surface area contributed by atoms with E-state index >= 15 is 0 Å². The Morgan fingerprint density at radius 1 is 1.26 bits per heavy atom. The van der Waals surface area contributed by atoms with Gasteiger partial charge in [-0.25, -0.2) is 0 Å². The van der Waals surface area contributed by atoms with Crippen LogP contribution in [0.1, 0.15) is 37.7 Å². The molecule has 1 N–H and O–H groups in total. The van der Waals surface area contributed by atoms with Crippen molar-refractivity contribution < 1.29 is 4.79 Å². The summed E-state index contributed by atoms with van der Waals surface area (Å²) in [5, 5.41) is 3.15. The predicted molar refractivity (Wildman–Crippen MR) is 85.3 cm³/mol. The maximum Gasteiger partial charge on any atom is 0.230 e. The summed E-state index contributed by atoms with van der Waals surface area (Å²) < 4.78 is 1.12. The number of hydrogen-bond donors (Lipinski definition) is 1. The molecular formula is C15H20BrNOS. The third-order valence-electron chi connectivity index (χ3n) is 3.42. The maximum atomic E-state index is 11.8. The average molecular weight is 342 g/mol. The number of hydrogen-bond acceptors (Lipinski definition) is 2. The summed E-state index contributed by atoms with van der Waals surface area (Å²) in [5.74, 6) is 1.61. The summed E-state index contributed by atoms with van der Waals surface area (Å²) in [6, 6.07) is 8.59. The van der Waals surface area contributed by atoms with E-state index in [2.05, 4.69) is 27.3 Å². The maximum absolute atomic E-state index is 11.8. The molecule has 1 aromatic carbocycles. The average Bonchev–Trinajstić information content (AvgIpc) is 2.42. The largest absolute Gasteiger partial charge is 0.353 e. The Labute approximate surface area is 127 Å². The number of rotatable bonds is 5. The highest BCUT2D eigenvalue weighted by atomic mass is 79.9. The van der Waals surface area contributed by atoms with Crippen molar-refractivity contribution in [3.8, 4) is 0 Å². The first-order valence-electron chi connectivity index (χ1n) is 6.86. The third-order valence-corrected chi connectivity index (χ3v) is 5.17. The molecule has 0 bridgehead atoms. The van der Waals surface area contributed by atoms with E-state index in [1.54, 1.807) is 11.8 Å². The molecule has 104 valence electrons. The van der Waals surface area contributed by atoms with Crippen molar-refractivity contribution in [2.45, 2.75) is 43.9 Å². The highest BCUT2D eigenvalue weighted by Crippen LogP contribution is 2.21. The molecule has 2 nitrogen and oxygen atoms in total. The van der Waals surface area contributed by atoms with Crippen molar-refractivity contribution in [2.24, 2.45) is 0 Å². The zero-order chi connectivity index (χ0) is 13.5. The summed E-state index contributed by atoms with van der Waals surface area (Å²) in [6.07, 6.45) is 6.15. The molecule has 1 aliphatic carbocycles. The number of carbonyl (C=O) groups excluding carboxylic acids is 1. The summed E-state index contributed by atoms with van der Waals surface area (Å²) in [7, 11) is 0. The first-order valence-corrected chi connectivity index (χ1v) is 8.81. The van der Waals surface area contributed by atoms with Crippen molar-refractivity contribution in [1.82, 2.24) is 5.32 Å². The van der Waals surface area contributed by atoms with Crippen LogP contribution >= 0.6 is 27.7 Å². The molecule has 0 aromatic heterocycles. The molecule has 19 heavy (non-hydrogen) atoms. The van der Waals surface area contributed by atoms with Crippen molar-refractivity contribution in [3.05, 3.63) is 34.3 Å². The lowest BCUT2D eigenvalue weighted by Crippen LogP contribution is -2.37. The number of amides is 1. The standard InChI is InChI=1S/C15H20BrNOS/c16-14-9-5-4-6-12(14)10-19-11-15(18)17-13-7-2-1-3-8-13/h4-6,9,13H,1-3,7-8,10-11H2,(H,17,18). The highest BCUT2D eigenvalue weighted by Gasteiger charge is 2.15. The van der Waals surface area contributed by atoms with Crippen molar-refractivity contribution in [3.63, 3.8) is 0 Å². The van der Waals surface area contributed by atoms with E-state index in [9.17, 15) is 4.79 Å². The van der Waals surface area contributed by atoms with E-state index in [4.69, 9.17) is 0 Å². The molecule has 0 unspecified atom stereocenters. The van der Waals surface area contributed by atoms with Gasteiger partial charge in [0.15, 0.2) is 0 Å². The summed E-state index contributed by atoms with van der Waals surface area (Å²) in [5.41, 5.74) is 1.25. The lowest BCUT2D eigenvalue weighted by Gasteiger charge is -2.22. The highest BCUT2D eigenvalue weighted by molar-refractivity contribution is 9.10. The van der Waals surface area contributed by atoms with Crippen molar-refractivity contribution >= 4 is 33.6 Å². The van der Waals surface area contributed by atoms with Gasteiger partial charge in [0, 0.05) is 16.3 Å². The van der Waals surface area contributed by atoms with Crippen molar-refractivity contribution in [2.75, 3.05) is 5.75 Å². The summed E-state index contributed by atoms with van der Waals surface area (Å²) >= 11 is 5.20. The van der Waals surface area contributed by atoms with Gasteiger partial charge in [0.2, 0.25) is 5.91 Å². The summed E-state index contributed by atoms with van der Waals surface area (Å²) in [4.78, 5) is 11.8. The van der Waals surface area contributed by atoms with Crippen LogP contribution in [0.25, 0.3) is 0 Å². The van der Waals surface area contributed by atoms with Crippen LogP contribution in [0, 0.1) is 0 Å². The van der Waals surface area contributed by atoms with Crippen LogP contribution < -0.4 is 5.32 Å². The topological polar surface area (TPSA) is 29.1 Å². The molecule has 0 saturated heterocycles. The fraction of sp³-hybridized carbons (Fsp3) is 0.533. The first-order chi connectivity index (χ1) is 9.25. The minimum Gasteiger partial charge on any atom is -0.353 e. The van der Waals surface area contributed by atoms with E-state index in [0.29, 0.717) is 11.8 Å². The van der Waals surface area contributed by atoms with Gasteiger partial charge in [0.05, 0.1) is 5.75 Å². The van der Waals surface area contributed by atoms with Crippen LogP contribution in [0.4, 0.5) is 0 Å². The second-order valence-corrected chi connectivity index (χ2v) is 6.83. The number of benzene rings is 1. The Hall–Kier alpha value is -0.480. The van der Waals surface area contributed by atoms with Crippen molar-refractivity contribution in [1.29, 1.82) is 0 Å². The van der Waals surface area contributed by atoms with Gasteiger partial charge in [-0.2, -0.15) is 0 Å². The fourth-order valence-corrected chi connectivity index (χ4v) is 3.84. The third kappa shape index (κ3) is 5.19. The molecule has 1 aliphatic rings. The first kappa shape index (κ1) is 14.9. The zero-order valence-electron chi connectivity index (χ0n) is 11.0. The molecule has 1 aromatic rings. The van der Waals surface area contributed by atoms with Gasteiger partial charge in [0.25, 0.3) is 0 Å². The predicted octanol–water partition coefficient (Wildman–Crippen LogP) is 4.13. The van der Waals surface area contributed by atoms with E-state index in [1.165, 1.54) is 24.8 Å². The van der Waals surface area contributed by atoms with Gasteiger partial charge < -0.3 is 5.32 Å². The Kier molecular flexibility index (Phi) is 6.24. The van der Waals surface area contributed by atoms with Crippen LogP contribution in [0.2, 0.25) is 0 Å². The van der Waals surface area contributed by atoms with Crippen LogP contribution in [-0.4, -0.2) is 17.7 Å². The van der Waals surface area contributed by atoms with Crippen LogP contribution in [0.5, 0.6) is 0 Å². The normalized spacial score (nSPS) is 16.3. The Balaban J connectivity index is 1.67. The van der Waals surface area contributed by atoms with Crippen LogP contribution in [-0.2, 0) is 10.5 Å². The number of halogens is 1. The SMILES string of the molecule is O=C(CSCc1ccccc1Br)NC1CCCCC1. The lowest BCUT2D eigenvalue weighted by molar-refractivity contribution is -0.119. The minimum atomic E-state index is 0.184. The quantitative estimate of drug-likeness (QED) is 0.872. The number of nitrogens with one attached hydrogen (secondary N) is 1. The Morgan fingerprint density at radius 2 is 2.00 bits per heavy atom. The summed E-state index contributed by atoms with van der Waals surface area (Å²) in [6.45, 7) is 0. The van der Waals surface area contributed by atoms with Gasteiger partial charge in [-0.15, -0.1) is 11.8 Å².